The molecule has 32 heavy (non-hydrogen) atoms. The standard InChI is InChI=1S/C25H26N6O/c1-25(2,3)31-10-9-19(15-31)24(32)26-14-23-28-20-8-7-16(11-21(20)29-23)17-5-6-18-13-27-30(4)22(18)12-17/h5-13,15H,14H2,1-4H3,(H,26,32)(H,28,29). The minimum absolute atomic E-state index is 0.0593. The number of nitrogens with zero attached hydrogens (tertiary/aromatic N) is 4. The van der Waals surface area contributed by atoms with Gasteiger partial charge in [-0.05, 0) is 56.2 Å². The maximum absolute atomic E-state index is 12.6. The first-order valence-electron chi connectivity index (χ1n) is 10.7. The van der Waals surface area contributed by atoms with Crippen molar-refractivity contribution in [1.29, 1.82) is 0 Å². The van der Waals surface area contributed by atoms with Crippen molar-refractivity contribution in [3.8, 4) is 11.1 Å². The fourth-order valence-corrected chi connectivity index (χ4v) is 3.86. The number of imidazole rings is 1. The zero-order valence-electron chi connectivity index (χ0n) is 18.7. The van der Waals surface area contributed by atoms with Crippen LogP contribution in [0.5, 0.6) is 0 Å². The SMILES string of the molecule is Cn1ncc2ccc(-c3ccc4nc(CNC(=O)c5ccn(C(C)(C)C)c5)[nH]c4c3)cc21. The fraction of sp³-hybridized carbons (Fsp3) is 0.240. The third kappa shape index (κ3) is 3.66. The molecule has 0 radical (unpaired) electrons. The number of aromatic amines is 1. The minimum Gasteiger partial charge on any atom is -0.348 e. The van der Waals surface area contributed by atoms with Gasteiger partial charge in [0.15, 0.2) is 0 Å². The molecule has 0 bridgehead atoms. The van der Waals surface area contributed by atoms with Crippen molar-refractivity contribution in [2.45, 2.75) is 32.9 Å². The average molecular weight is 427 g/mol. The Morgan fingerprint density at radius 1 is 1.09 bits per heavy atom. The second-order valence-corrected chi connectivity index (χ2v) is 9.12. The maximum atomic E-state index is 12.6. The van der Waals surface area contributed by atoms with Crippen molar-refractivity contribution < 1.29 is 4.79 Å². The zero-order valence-corrected chi connectivity index (χ0v) is 18.7. The number of fused-ring (bicyclic) bond motifs is 2. The summed E-state index contributed by atoms with van der Waals surface area (Å²) in [6, 6.07) is 14.3. The highest BCUT2D eigenvalue weighted by atomic mass is 16.1. The van der Waals surface area contributed by atoms with E-state index in [0.29, 0.717) is 12.1 Å². The molecular formula is C25H26N6O. The Bertz CT molecular complexity index is 1450. The topological polar surface area (TPSA) is 80.5 Å². The lowest BCUT2D eigenvalue weighted by atomic mass is 10.0. The Morgan fingerprint density at radius 2 is 1.88 bits per heavy atom. The summed E-state index contributed by atoms with van der Waals surface area (Å²) < 4.78 is 3.91. The number of rotatable bonds is 4. The van der Waals surface area contributed by atoms with Crippen LogP contribution in [-0.2, 0) is 19.1 Å². The number of nitrogens with one attached hydrogen (secondary N) is 2. The van der Waals surface area contributed by atoms with Gasteiger partial charge in [-0.25, -0.2) is 4.98 Å². The number of hydrogen-bond donors (Lipinski definition) is 2. The second kappa shape index (κ2) is 7.37. The summed E-state index contributed by atoms with van der Waals surface area (Å²) in [7, 11) is 1.95. The van der Waals surface area contributed by atoms with E-state index in [1.54, 1.807) is 0 Å². The van der Waals surface area contributed by atoms with E-state index in [2.05, 4.69) is 71.5 Å². The van der Waals surface area contributed by atoms with Gasteiger partial charge in [0.2, 0.25) is 0 Å². The monoisotopic (exact) mass is 426 g/mol. The fourth-order valence-electron chi connectivity index (χ4n) is 3.86. The lowest BCUT2D eigenvalue weighted by Crippen LogP contribution is -2.24. The average Bonchev–Trinajstić information content (AvgIpc) is 3.49. The van der Waals surface area contributed by atoms with Gasteiger partial charge in [0.05, 0.1) is 34.9 Å². The van der Waals surface area contributed by atoms with Crippen LogP contribution >= 0.6 is 0 Å². The van der Waals surface area contributed by atoms with Gasteiger partial charge in [-0.15, -0.1) is 0 Å². The van der Waals surface area contributed by atoms with Crippen molar-refractivity contribution in [2.75, 3.05) is 0 Å². The van der Waals surface area contributed by atoms with Gasteiger partial charge in [0, 0.05) is 30.4 Å². The van der Waals surface area contributed by atoms with Crippen molar-refractivity contribution >= 4 is 27.8 Å². The molecule has 2 aromatic carbocycles. The Labute approximate surface area is 186 Å². The first-order chi connectivity index (χ1) is 15.3. The maximum Gasteiger partial charge on any atom is 0.253 e. The molecule has 0 unspecified atom stereocenters. The summed E-state index contributed by atoms with van der Waals surface area (Å²) in [6.07, 6.45) is 5.68. The van der Waals surface area contributed by atoms with E-state index in [-0.39, 0.29) is 11.4 Å². The summed E-state index contributed by atoms with van der Waals surface area (Å²) in [5.74, 6) is 0.612. The van der Waals surface area contributed by atoms with Gasteiger partial charge in [0.1, 0.15) is 5.82 Å². The number of benzene rings is 2. The molecule has 0 aliphatic rings. The number of carbonyl (C=O) groups excluding carboxylic acids is 1. The lowest BCUT2D eigenvalue weighted by Gasteiger charge is -2.20. The van der Waals surface area contributed by atoms with Gasteiger partial charge in [-0.2, -0.15) is 5.10 Å². The van der Waals surface area contributed by atoms with Crippen molar-refractivity contribution in [3.05, 3.63) is 72.4 Å². The van der Waals surface area contributed by atoms with Gasteiger partial charge in [-0.3, -0.25) is 9.48 Å². The number of aromatic nitrogens is 5. The summed E-state index contributed by atoms with van der Waals surface area (Å²) in [5, 5.41) is 8.39. The highest BCUT2D eigenvalue weighted by Gasteiger charge is 2.15. The molecule has 0 saturated carbocycles. The quantitative estimate of drug-likeness (QED) is 0.441. The number of aryl methyl sites for hydroxylation is 1. The Kier molecular flexibility index (Phi) is 4.62. The van der Waals surface area contributed by atoms with Gasteiger partial charge < -0.3 is 14.9 Å². The molecular weight excluding hydrogens is 400 g/mol. The highest BCUT2D eigenvalue weighted by Crippen LogP contribution is 2.26. The number of hydrogen-bond acceptors (Lipinski definition) is 3. The third-order valence-corrected chi connectivity index (χ3v) is 5.76. The summed E-state index contributed by atoms with van der Waals surface area (Å²) in [6.45, 7) is 6.65. The molecule has 0 fully saturated rings. The van der Waals surface area contributed by atoms with Crippen LogP contribution in [-0.4, -0.2) is 30.2 Å². The first-order valence-corrected chi connectivity index (χ1v) is 10.7. The van der Waals surface area contributed by atoms with Crippen LogP contribution in [0.25, 0.3) is 33.1 Å². The minimum atomic E-state index is -0.112. The summed E-state index contributed by atoms with van der Waals surface area (Å²) in [4.78, 5) is 20.5. The van der Waals surface area contributed by atoms with Crippen LogP contribution < -0.4 is 5.32 Å². The molecule has 5 rings (SSSR count). The highest BCUT2D eigenvalue weighted by molar-refractivity contribution is 5.94. The summed E-state index contributed by atoms with van der Waals surface area (Å²) in [5.41, 5.74) is 5.71. The van der Waals surface area contributed by atoms with E-state index >= 15 is 0 Å². The molecule has 0 spiro atoms. The molecule has 162 valence electrons. The lowest BCUT2D eigenvalue weighted by molar-refractivity contribution is 0.0950. The summed E-state index contributed by atoms with van der Waals surface area (Å²) >= 11 is 0. The van der Waals surface area contributed by atoms with E-state index < -0.39 is 0 Å². The molecule has 7 nitrogen and oxygen atoms in total. The molecule has 0 atom stereocenters. The normalized spacial score (nSPS) is 12.0. The van der Waals surface area contributed by atoms with E-state index in [4.69, 9.17) is 0 Å². The molecule has 3 heterocycles. The predicted molar refractivity (Wildman–Crippen MR) is 126 cm³/mol. The van der Waals surface area contributed by atoms with Crippen LogP contribution in [0.4, 0.5) is 0 Å². The molecule has 0 aliphatic heterocycles. The molecule has 0 aliphatic carbocycles. The van der Waals surface area contributed by atoms with Crippen LogP contribution in [0.15, 0.2) is 61.1 Å². The van der Waals surface area contributed by atoms with Gasteiger partial charge in [0.25, 0.3) is 5.91 Å². The Morgan fingerprint density at radius 3 is 2.66 bits per heavy atom. The van der Waals surface area contributed by atoms with Crippen LogP contribution in [0, 0.1) is 0 Å². The largest absolute Gasteiger partial charge is 0.348 e. The molecule has 3 aromatic heterocycles. The van der Waals surface area contributed by atoms with E-state index in [0.717, 1.165) is 38.9 Å². The zero-order chi connectivity index (χ0) is 22.5. The van der Waals surface area contributed by atoms with Crippen molar-refractivity contribution in [2.24, 2.45) is 7.05 Å². The number of carbonyl (C=O) groups is 1. The van der Waals surface area contributed by atoms with Crippen LogP contribution in [0.2, 0.25) is 0 Å². The smallest absolute Gasteiger partial charge is 0.253 e. The predicted octanol–water partition coefficient (Wildman–Crippen LogP) is 4.60. The third-order valence-electron chi connectivity index (χ3n) is 5.76. The Hall–Kier alpha value is -3.87. The molecule has 0 saturated heterocycles. The van der Waals surface area contributed by atoms with Gasteiger partial charge in [-0.1, -0.05) is 18.2 Å². The van der Waals surface area contributed by atoms with Gasteiger partial charge >= 0.3 is 0 Å². The van der Waals surface area contributed by atoms with Crippen molar-refractivity contribution in [1.82, 2.24) is 29.6 Å². The molecule has 5 aromatic rings. The first kappa shape index (κ1) is 20.1. The number of H-pyrrole nitrogens is 1. The number of amides is 1. The molecule has 7 heteroatoms. The van der Waals surface area contributed by atoms with E-state index in [9.17, 15) is 4.79 Å². The van der Waals surface area contributed by atoms with Crippen LogP contribution in [0.3, 0.4) is 0 Å². The van der Waals surface area contributed by atoms with E-state index in [1.807, 2.05) is 47.0 Å². The Balaban J connectivity index is 1.34. The van der Waals surface area contributed by atoms with E-state index in [1.165, 1.54) is 0 Å². The molecule has 1 amide bonds. The second-order valence-electron chi connectivity index (χ2n) is 9.12. The van der Waals surface area contributed by atoms with Crippen molar-refractivity contribution in [3.63, 3.8) is 0 Å². The molecule has 2 N–H and O–H groups in total. The van der Waals surface area contributed by atoms with Crippen LogP contribution in [0.1, 0.15) is 37.0 Å².